The van der Waals surface area contributed by atoms with Gasteiger partial charge in [0.1, 0.15) is 17.8 Å². The van der Waals surface area contributed by atoms with E-state index in [1.807, 2.05) is 36.2 Å². The third-order valence-electron chi connectivity index (χ3n) is 4.25. The lowest BCUT2D eigenvalue weighted by Gasteiger charge is -2.32. The van der Waals surface area contributed by atoms with Crippen molar-refractivity contribution in [3.63, 3.8) is 0 Å². The largest absolute Gasteiger partial charge is 0.375 e. The maximum absolute atomic E-state index is 12.5. The summed E-state index contributed by atoms with van der Waals surface area (Å²) in [5.74, 6) is 0.886. The van der Waals surface area contributed by atoms with Crippen molar-refractivity contribution in [2.24, 2.45) is 0 Å². The zero-order chi connectivity index (χ0) is 17.6. The Bertz CT molecular complexity index is 708. The molecule has 3 rings (SSSR count). The fourth-order valence-corrected chi connectivity index (χ4v) is 2.85. The molecule has 0 spiro atoms. The Morgan fingerprint density at radius 3 is 2.96 bits per heavy atom. The topological polar surface area (TPSA) is 71.5 Å². The van der Waals surface area contributed by atoms with E-state index >= 15 is 0 Å². The molecule has 1 aliphatic rings. The molecule has 1 saturated heterocycles. The molecule has 1 fully saturated rings. The lowest BCUT2D eigenvalue weighted by molar-refractivity contribution is -0.0247. The van der Waals surface area contributed by atoms with E-state index in [1.54, 1.807) is 12.3 Å². The molecule has 3 heterocycles. The molecular weight excluding hydrogens is 318 g/mol. The SMILES string of the molecule is CN(C)c1cc(CCC2CN(C(=O)c3ccncn3)CCO2)ccn1. The Balaban J connectivity index is 1.57. The monoisotopic (exact) mass is 341 g/mol. The summed E-state index contributed by atoms with van der Waals surface area (Å²) in [6.45, 7) is 1.74. The lowest BCUT2D eigenvalue weighted by Crippen LogP contribution is -2.46. The second-order valence-corrected chi connectivity index (χ2v) is 6.29. The number of morpholine rings is 1. The van der Waals surface area contributed by atoms with Gasteiger partial charge in [0, 0.05) is 39.6 Å². The summed E-state index contributed by atoms with van der Waals surface area (Å²) in [6, 6.07) is 5.76. The number of amides is 1. The molecule has 2 aromatic heterocycles. The fourth-order valence-electron chi connectivity index (χ4n) is 2.85. The van der Waals surface area contributed by atoms with Crippen LogP contribution < -0.4 is 4.90 Å². The van der Waals surface area contributed by atoms with Crippen LogP contribution in [0.25, 0.3) is 0 Å². The van der Waals surface area contributed by atoms with Crippen LogP contribution >= 0.6 is 0 Å². The molecule has 0 radical (unpaired) electrons. The van der Waals surface area contributed by atoms with Gasteiger partial charge in [-0.25, -0.2) is 15.0 Å². The molecule has 25 heavy (non-hydrogen) atoms. The molecule has 1 unspecified atom stereocenters. The van der Waals surface area contributed by atoms with Crippen LogP contribution in [0.5, 0.6) is 0 Å². The van der Waals surface area contributed by atoms with Gasteiger partial charge < -0.3 is 14.5 Å². The predicted octanol–water partition coefficient (Wildman–Crippen LogP) is 1.41. The number of carbonyl (C=O) groups excluding carboxylic acids is 1. The van der Waals surface area contributed by atoms with Gasteiger partial charge in [-0.2, -0.15) is 0 Å². The third-order valence-corrected chi connectivity index (χ3v) is 4.25. The minimum atomic E-state index is -0.0606. The van der Waals surface area contributed by atoms with E-state index in [-0.39, 0.29) is 12.0 Å². The number of aromatic nitrogens is 3. The molecule has 0 aliphatic carbocycles. The van der Waals surface area contributed by atoms with Gasteiger partial charge in [0.15, 0.2) is 0 Å². The second kappa shape index (κ2) is 8.02. The number of hydrogen-bond acceptors (Lipinski definition) is 6. The Hall–Kier alpha value is -2.54. The number of ether oxygens (including phenoxy) is 1. The Morgan fingerprint density at radius 1 is 1.32 bits per heavy atom. The first-order valence-electron chi connectivity index (χ1n) is 8.42. The van der Waals surface area contributed by atoms with Gasteiger partial charge in [-0.05, 0) is 36.6 Å². The number of carbonyl (C=O) groups is 1. The van der Waals surface area contributed by atoms with Crippen molar-refractivity contribution in [3.8, 4) is 0 Å². The highest BCUT2D eigenvalue weighted by molar-refractivity contribution is 5.92. The summed E-state index contributed by atoms with van der Waals surface area (Å²) < 4.78 is 5.84. The molecule has 0 N–H and O–H groups in total. The van der Waals surface area contributed by atoms with Crippen LogP contribution in [-0.4, -0.2) is 65.7 Å². The summed E-state index contributed by atoms with van der Waals surface area (Å²) in [5, 5.41) is 0. The zero-order valence-corrected chi connectivity index (χ0v) is 14.6. The van der Waals surface area contributed by atoms with Gasteiger partial charge in [-0.15, -0.1) is 0 Å². The van der Waals surface area contributed by atoms with Crippen molar-refractivity contribution >= 4 is 11.7 Å². The van der Waals surface area contributed by atoms with Crippen molar-refractivity contribution in [1.82, 2.24) is 19.9 Å². The van der Waals surface area contributed by atoms with Crippen molar-refractivity contribution in [2.75, 3.05) is 38.7 Å². The lowest BCUT2D eigenvalue weighted by atomic mass is 10.1. The van der Waals surface area contributed by atoms with Gasteiger partial charge in [-0.1, -0.05) is 0 Å². The predicted molar refractivity (Wildman–Crippen MR) is 94.6 cm³/mol. The zero-order valence-electron chi connectivity index (χ0n) is 14.6. The quantitative estimate of drug-likeness (QED) is 0.819. The minimum Gasteiger partial charge on any atom is -0.375 e. The van der Waals surface area contributed by atoms with E-state index in [4.69, 9.17) is 4.74 Å². The van der Waals surface area contributed by atoms with Crippen LogP contribution in [0.1, 0.15) is 22.5 Å². The molecule has 132 valence electrons. The average Bonchev–Trinajstić information content (AvgIpc) is 2.67. The molecular formula is C18H23N5O2. The molecule has 7 nitrogen and oxygen atoms in total. The smallest absolute Gasteiger partial charge is 0.272 e. The van der Waals surface area contributed by atoms with Crippen molar-refractivity contribution in [1.29, 1.82) is 0 Å². The van der Waals surface area contributed by atoms with E-state index in [2.05, 4.69) is 21.0 Å². The number of nitrogens with zero attached hydrogens (tertiary/aromatic N) is 5. The molecule has 2 aromatic rings. The van der Waals surface area contributed by atoms with Crippen molar-refractivity contribution in [2.45, 2.75) is 18.9 Å². The Labute approximate surface area is 147 Å². The summed E-state index contributed by atoms with van der Waals surface area (Å²) in [5.41, 5.74) is 1.65. The highest BCUT2D eigenvalue weighted by Gasteiger charge is 2.25. The molecule has 1 aliphatic heterocycles. The third kappa shape index (κ3) is 4.51. The normalized spacial score (nSPS) is 17.4. The summed E-state index contributed by atoms with van der Waals surface area (Å²) in [4.78, 5) is 28.5. The van der Waals surface area contributed by atoms with Crippen LogP contribution in [-0.2, 0) is 11.2 Å². The van der Waals surface area contributed by atoms with Crippen LogP contribution in [0, 0.1) is 0 Å². The number of aryl methyl sites for hydroxylation is 1. The van der Waals surface area contributed by atoms with E-state index in [0.29, 0.717) is 25.4 Å². The van der Waals surface area contributed by atoms with Gasteiger partial charge in [0.2, 0.25) is 0 Å². The first-order valence-corrected chi connectivity index (χ1v) is 8.42. The van der Waals surface area contributed by atoms with Gasteiger partial charge in [0.05, 0.1) is 12.7 Å². The van der Waals surface area contributed by atoms with Crippen molar-refractivity contribution < 1.29 is 9.53 Å². The number of rotatable bonds is 5. The molecule has 0 aromatic carbocycles. The highest BCUT2D eigenvalue weighted by atomic mass is 16.5. The highest BCUT2D eigenvalue weighted by Crippen LogP contribution is 2.16. The maximum Gasteiger partial charge on any atom is 0.272 e. The van der Waals surface area contributed by atoms with Crippen LogP contribution in [0.3, 0.4) is 0 Å². The first kappa shape index (κ1) is 17.3. The van der Waals surface area contributed by atoms with Crippen molar-refractivity contribution in [3.05, 3.63) is 48.2 Å². The molecule has 0 bridgehead atoms. The maximum atomic E-state index is 12.5. The average molecular weight is 341 g/mol. The van der Waals surface area contributed by atoms with Crippen LogP contribution in [0.15, 0.2) is 36.9 Å². The molecule has 0 saturated carbocycles. The van der Waals surface area contributed by atoms with E-state index in [9.17, 15) is 4.79 Å². The number of hydrogen-bond donors (Lipinski definition) is 0. The van der Waals surface area contributed by atoms with Gasteiger partial charge >= 0.3 is 0 Å². The van der Waals surface area contributed by atoms with Crippen LogP contribution in [0.4, 0.5) is 5.82 Å². The van der Waals surface area contributed by atoms with E-state index in [0.717, 1.165) is 18.7 Å². The van der Waals surface area contributed by atoms with Gasteiger partial charge in [-0.3, -0.25) is 4.79 Å². The Morgan fingerprint density at radius 2 is 2.20 bits per heavy atom. The van der Waals surface area contributed by atoms with E-state index in [1.165, 1.54) is 11.9 Å². The van der Waals surface area contributed by atoms with E-state index < -0.39 is 0 Å². The molecule has 7 heteroatoms. The summed E-state index contributed by atoms with van der Waals surface area (Å²) in [6.07, 6.45) is 6.61. The molecule has 1 amide bonds. The summed E-state index contributed by atoms with van der Waals surface area (Å²) >= 11 is 0. The second-order valence-electron chi connectivity index (χ2n) is 6.29. The standard InChI is InChI=1S/C18H23N5O2/c1-22(2)17-11-14(5-8-20-17)3-4-15-12-23(9-10-25-15)18(24)16-6-7-19-13-21-16/h5-8,11,13,15H,3-4,9-10,12H2,1-2H3. The number of anilines is 1. The fraction of sp³-hybridized carbons (Fsp3) is 0.444. The van der Waals surface area contributed by atoms with Gasteiger partial charge in [0.25, 0.3) is 5.91 Å². The molecule has 1 atom stereocenters. The first-order chi connectivity index (χ1) is 12.1. The number of pyridine rings is 1. The minimum absolute atomic E-state index is 0.0375. The summed E-state index contributed by atoms with van der Waals surface area (Å²) in [7, 11) is 3.96. The van der Waals surface area contributed by atoms with Crippen LogP contribution in [0.2, 0.25) is 0 Å². The Kier molecular flexibility index (Phi) is 5.55.